The Balaban J connectivity index is 1.55. The maximum absolute atomic E-state index is 9.30. The molecule has 4 heteroatoms. The Morgan fingerprint density at radius 1 is 1.12 bits per heavy atom. The lowest BCUT2D eigenvalue weighted by molar-refractivity contribution is 0.130. The van der Waals surface area contributed by atoms with Gasteiger partial charge in [0.25, 0.3) is 0 Å². The molecule has 1 saturated heterocycles. The molecular weight excluding hydrogens is 322 g/mol. The second kappa shape index (κ2) is 7.55. The van der Waals surface area contributed by atoms with Gasteiger partial charge in [0, 0.05) is 24.0 Å². The minimum absolute atomic E-state index is 0.386. The van der Waals surface area contributed by atoms with Gasteiger partial charge in [-0.15, -0.1) is 0 Å². The zero-order chi connectivity index (χ0) is 17.8. The summed E-state index contributed by atoms with van der Waals surface area (Å²) in [6.45, 7) is 1.83. The van der Waals surface area contributed by atoms with E-state index in [0.29, 0.717) is 11.6 Å². The first kappa shape index (κ1) is 16.6. The Morgan fingerprint density at radius 3 is 2.88 bits per heavy atom. The van der Waals surface area contributed by atoms with Crippen molar-refractivity contribution in [3.8, 4) is 17.4 Å². The smallest absolute Gasteiger partial charge is 0.135 e. The second-order valence-electron chi connectivity index (χ2n) is 6.69. The first-order valence-corrected chi connectivity index (χ1v) is 9.07. The number of hydrogen-bond acceptors (Lipinski definition) is 4. The zero-order valence-corrected chi connectivity index (χ0v) is 14.6. The molecule has 0 N–H and O–H groups in total. The summed E-state index contributed by atoms with van der Waals surface area (Å²) in [6.07, 6.45) is 7.40. The highest BCUT2D eigenvalue weighted by Gasteiger charge is 2.25. The van der Waals surface area contributed by atoms with Crippen LogP contribution in [0.2, 0.25) is 0 Å². The van der Waals surface area contributed by atoms with Crippen molar-refractivity contribution in [3.63, 3.8) is 0 Å². The van der Waals surface area contributed by atoms with Gasteiger partial charge in [-0.05, 0) is 55.3 Å². The standard InChI is InChI=1S/C22H21N3O/c23-14-17-6-1-2-8-20(17)22-11-10-19(26-22)16-25-13-4-3-9-21(25)18-7-5-12-24-15-18/h1-2,5-8,10-12,15,21H,3-4,9,13,16H2/t21-/m0/s1. The average Bonchev–Trinajstić information content (AvgIpc) is 3.17. The predicted octanol–water partition coefficient (Wildman–Crippen LogP) is 4.94. The SMILES string of the molecule is N#Cc1ccccc1-c1ccc(CN2CCCC[C@H]2c2cccnc2)o1. The average molecular weight is 343 g/mol. The summed E-state index contributed by atoms with van der Waals surface area (Å²) in [7, 11) is 0. The summed E-state index contributed by atoms with van der Waals surface area (Å²) in [6, 6.07) is 18.3. The molecule has 0 spiro atoms. The highest BCUT2D eigenvalue weighted by molar-refractivity contribution is 5.66. The van der Waals surface area contributed by atoms with Crippen LogP contribution in [0.3, 0.4) is 0 Å². The molecule has 0 aliphatic carbocycles. The fraction of sp³-hybridized carbons (Fsp3) is 0.273. The van der Waals surface area contributed by atoms with Crippen molar-refractivity contribution in [2.75, 3.05) is 6.54 Å². The molecule has 4 nitrogen and oxygen atoms in total. The van der Waals surface area contributed by atoms with E-state index in [1.54, 1.807) is 0 Å². The maximum Gasteiger partial charge on any atom is 0.135 e. The molecule has 3 aromatic rings. The van der Waals surface area contributed by atoms with Gasteiger partial charge in [0.05, 0.1) is 18.2 Å². The van der Waals surface area contributed by atoms with Crippen LogP contribution >= 0.6 is 0 Å². The van der Waals surface area contributed by atoms with E-state index in [0.717, 1.165) is 36.6 Å². The number of furan rings is 1. The molecule has 26 heavy (non-hydrogen) atoms. The van der Waals surface area contributed by atoms with Crippen molar-refractivity contribution in [1.29, 1.82) is 5.26 Å². The van der Waals surface area contributed by atoms with Crippen LogP contribution in [-0.4, -0.2) is 16.4 Å². The lowest BCUT2D eigenvalue weighted by Gasteiger charge is -2.35. The molecule has 130 valence electrons. The third kappa shape index (κ3) is 3.40. The van der Waals surface area contributed by atoms with Crippen LogP contribution in [0.15, 0.2) is 65.3 Å². The van der Waals surface area contributed by atoms with Gasteiger partial charge >= 0.3 is 0 Å². The lowest BCUT2D eigenvalue weighted by Crippen LogP contribution is -2.32. The third-order valence-electron chi connectivity index (χ3n) is 5.02. The summed E-state index contributed by atoms with van der Waals surface area (Å²) in [5, 5.41) is 9.30. The Morgan fingerprint density at radius 2 is 2.04 bits per heavy atom. The van der Waals surface area contributed by atoms with Crippen molar-refractivity contribution < 1.29 is 4.42 Å². The molecule has 0 amide bonds. The number of aromatic nitrogens is 1. The van der Waals surface area contributed by atoms with Gasteiger partial charge in [-0.1, -0.05) is 24.6 Å². The minimum Gasteiger partial charge on any atom is -0.460 e. The lowest BCUT2D eigenvalue weighted by atomic mass is 9.96. The molecule has 0 unspecified atom stereocenters. The Labute approximate surface area is 153 Å². The highest BCUT2D eigenvalue weighted by Crippen LogP contribution is 2.33. The molecule has 1 aromatic carbocycles. The fourth-order valence-electron chi connectivity index (χ4n) is 3.73. The summed E-state index contributed by atoms with van der Waals surface area (Å²) in [4.78, 5) is 6.76. The van der Waals surface area contributed by atoms with E-state index in [-0.39, 0.29) is 0 Å². The molecule has 1 fully saturated rings. The largest absolute Gasteiger partial charge is 0.460 e. The fourth-order valence-corrected chi connectivity index (χ4v) is 3.73. The number of pyridine rings is 1. The number of benzene rings is 1. The number of rotatable bonds is 4. The molecule has 0 radical (unpaired) electrons. The van der Waals surface area contributed by atoms with Crippen LogP contribution < -0.4 is 0 Å². The number of nitrogens with zero attached hydrogens (tertiary/aromatic N) is 3. The second-order valence-corrected chi connectivity index (χ2v) is 6.69. The molecule has 1 aliphatic rings. The molecule has 2 aromatic heterocycles. The van der Waals surface area contributed by atoms with E-state index in [2.05, 4.69) is 22.0 Å². The third-order valence-corrected chi connectivity index (χ3v) is 5.02. The topological polar surface area (TPSA) is 53.1 Å². The number of likely N-dealkylation sites (tertiary alicyclic amines) is 1. The minimum atomic E-state index is 0.386. The Kier molecular flexibility index (Phi) is 4.81. The van der Waals surface area contributed by atoms with E-state index in [1.807, 2.05) is 54.9 Å². The van der Waals surface area contributed by atoms with Crippen LogP contribution in [0.25, 0.3) is 11.3 Å². The van der Waals surface area contributed by atoms with E-state index in [9.17, 15) is 5.26 Å². The Hall–Kier alpha value is -2.90. The quantitative estimate of drug-likeness (QED) is 0.673. The molecule has 1 aliphatic heterocycles. The van der Waals surface area contributed by atoms with Gasteiger partial charge in [0.15, 0.2) is 0 Å². The van der Waals surface area contributed by atoms with Crippen LogP contribution in [0.4, 0.5) is 0 Å². The summed E-state index contributed by atoms with van der Waals surface area (Å²) < 4.78 is 6.09. The van der Waals surface area contributed by atoms with E-state index < -0.39 is 0 Å². The van der Waals surface area contributed by atoms with Crippen molar-refractivity contribution in [2.45, 2.75) is 31.8 Å². The zero-order valence-electron chi connectivity index (χ0n) is 14.6. The van der Waals surface area contributed by atoms with Gasteiger partial charge in [0.1, 0.15) is 11.5 Å². The van der Waals surface area contributed by atoms with Crippen LogP contribution in [0.1, 0.15) is 42.2 Å². The molecule has 4 rings (SSSR count). The van der Waals surface area contributed by atoms with Crippen molar-refractivity contribution in [2.24, 2.45) is 0 Å². The molecule has 3 heterocycles. The van der Waals surface area contributed by atoms with E-state index in [4.69, 9.17) is 4.42 Å². The van der Waals surface area contributed by atoms with Gasteiger partial charge in [-0.25, -0.2) is 0 Å². The highest BCUT2D eigenvalue weighted by atomic mass is 16.3. The molecular formula is C22H21N3O. The monoisotopic (exact) mass is 343 g/mol. The van der Waals surface area contributed by atoms with Gasteiger partial charge in [-0.2, -0.15) is 5.26 Å². The van der Waals surface area contributed by atoms with Gasteiger partial charge in [0.2, 0.25) is 0 Å². The van der Waals surface area contributed by atoms with Gasteiger partial charge in [-0.3, -0.25) is 9.88 Å². The van der Waals surface area contributed by atoms with Crippen molar-refractivity contribution >= 4 is 0 Å². The first-order chi connectivity index (χ1) is 12.8. The molecule has 0 saturated carbocycles. The van der Waals surface area contributed by atoms with E-state index >= 15 is 0 Å². The summed E-state index contributed by atoms with van der Waals surface area (Å²) >= 11 is 0. The van der Waals surface area contributed by atoms with Crippen molar-refractivity contribution in [1.82, 2.24) is 9.88 Å². The first-order valence-electron chi connectivity index (χ1n) is 9.07. The Bertz CT molecular complexity index is 910. The molecule has 0 bridgehead atoms. The van der Waals surface area contributed by atoms with Crippen LogP contribution in [0, 0.1) is 11.3 Å². The van der Waals surface area contributed by atoms with Gasteiger partial charge < -0.3 is 4.42 Å². The number of hydrogen-bond donors (Lipinski definition) is 0. The summed E-state index contributed by atoms with van der Waals surface area (Å²) in [5.41, 5.74) is 2.76. The number of nitriles is 1. The van der Waals surface area contributed by atoms with E-state index in [1.165, 1.54) is 18.4 Å². The number of piperidine rings is 1. The van der Waals surface area contributed by atoms with Crippen LogP contribution in [0.5, 0.6) is 0 Å². The molecule has 1 atom stereocenters. The van der Waals surface area contributed by atoms with Crippen molar-refractivity contribution in [3.05, 3.63) is 77.8 Å². The maximum atomic E-state index is 9.30. The summed E-state index contributed by atoms with van der Waals surface area (Å²) in [5.74, 6) is 1.69. The predicted molar refractivity (Wildman–Crippen MR) is 100 cm³/mol. The normalized spacial score (nSPS) is 17.7. The van der Waals surface area contributed by atoms with Crippen LogP contribution in [-0.2, 0) is 6.54 Å².